The Morgan fingerprint density at radius 2 is 2.19 bits per heavy atom. The lowest BCUT2D eigenvalue weighted by molar-refractivity contribution is -0.108. The van der Waals surface area contributed by atoms with E-state index in [0.29, 0.717) is 21.4 Å². The van der Waals surface area contributed by atoms with Crippen molar-refractivity contribution in [3.63, 3.8) is 0 Å². The molecule has 0 bridgehead atoms. The van der Waals surface area contributed by atoms with Crippen LogP contribution in [0.25, 0.3) is 11.4 Å². The largest absolute Gasteiger partial charge is 0.306 e. The topological polar surface area (TPSA) is 47.8 Å². The molecule has 16 heavy (non-hydrogen) atoms. The van der Waals surface area contributed by atoms with E-state index in [0.717, 1.165) is 6.29 Å². The van der Waals surface area contributed by atoms with Crippen molar-refractivity contribution < 1.29 is 4.79 Å². The van der Waals surface area contributed by atoms with E-state index in [2.05, 4.69) is 10.2 Å². The van der Waals surface area contributed by atoms with E-state index in [1.54, 1.807) is 22.8 Å². The Hall–Kier alpha value is -1.39. The zero-order valence-corrected chi connectivity index (χ0v) is 9.61. The first-order chi connectivity index (χ1) is 7.72. The molecule has 1 aromatic heterocycles. The summed E-state index contributed by atoms with van der Waals surface area (Å²) in [6.07, 6.45) is 2.26. The number of carbonyl (C=O) groups is 1. The number of nitrogens with zero attached hydrogens (tertiary/aromatic N) is 3. The van der Waals surface area contributed by atoms with Gasteiger partial charge in [0.05, 0.1) is 11.6 Å². The molecule has 0 saturated heterocycles. The van der Waals surface area contributed by atoms with Crippen LogP contribution in [0.2, 0.25) is 10.0 Å². The van der Waals surface area contributed by atoms with Gasteiger partial charge in [0.2, 0.25) is 0 Å². The number of hydrogen-bond acceptors (Lipinski definition) is 3. The van der Waals surface area contributed by atoms with Crippen LogP contribution in [0.5, 0.6) is 0 Å². The lowest BCUT2D eigenvalue weighted by Crippen LogP contribution is -2.00. The molecule has 2 aromatic rings. The molecule has 6 heteroatoms. The number of aldehydes is 1. The Morgan fingerprint density at radius 3 is 2.88 bits per heavy atom. The van der Waals surface area contributed by atoms with Crippen LogP contribution in [0.4, 0.5) is 0 Å². The quantitative estimate of drug-likeness (QED) is 0.792. The average molecular weight is 256 g/mol. The first-order valence-corrected chi connectivity index (χ1v) is 5.25. The van der Waals surface area contributed by atoms with Gasteiger partial charge in [-0.1, -0.05) is 23.2 Å². The molecule has 0 fully saturated rings. The Kier molecular flexibility index (Phi) is 3.22. The van der Waals surface area contributed by atoms with Gasteiger partial charge < -0.3 is 9.36 Å². The molecule has 0 aliphatic carbocycles. The SMILES string of the molecule is O=CCn1cnnc1-c1ccc(Cl)cc1Cl. The number of aromatic nitrogens is 3. The fourth-order valence-electron chi connectivity index (χ4n) is 1.35. The van der Waals surface area contributed by atoms with Crippen LogP contribution in [-0.2, 0) is 11.3 Å². The van der Waals surface area contributed by atoms with Crippen molar-refractivity contribution in [3.8, 4) is 11.4 Å². The van der Waals surface area contributed by atoms with Crippen molar-refractivity contribution in [1.82, 2.24) is 14.8 Å². The molecule has 0 N–H and O–H groups in total. The lowest BCUT2D eigenvalue weighted by Gasteiger charge is -2.04. The van der Waals surface area contributed by atoms with Crippen molar-refractivity contribution in [2.75, 3.05) is 0 Å². The third-order valence-electron chi connectivity index (χ3n) is 2.06. The normalized spacial score (nSPS) is 10.4. The summed E-state index contributed by atoms with van der Waals surface area (Å²) in [5, 5.41) is 8.70. The fourth-order valence-corrected chi connectivity index (χ4v) is 1.84. The van der Waals surface area contributed by atoms with Crippen molar-refractivity contribution in [3.05, 3.63) is 34.6 Å². The second-order valence-electron chi connectivity index (χ2n) is 3.10. The van der Waals surface area contributed by atoms with E-state index in [4.69, 9.17) is 23.2 Å². The second kappa shape index (κ2) is 4.63. The highest BCUT2D eigenvalue weighted by Gasteiger charge is 2.10. The van der Waals surface area contributed by atoms with Crippen LogP contribution in [0.1, 0.15) is 0 Å². The number of benzene rings is 1. The average Bonchev–Trinajstić information content (AvgIpc) is 2.67. The standard InChI is InChI=1S/C10H7Cl2N3O/c11-7-1-2-8(9(12)5-7)10-14-13-6-15(10)3-4-16/h1-2,4-6H,3H2. The maximum absolute atomic E-state index is 10.5. The van der Waals surface area contributed by atoms with Gasteiger partial charge in [-0.15, -0.1) is 10.2 Å². The van der Waals surface area contributed by atoms with E-state index >= 15 is 0 Å². The smallest absolute Gasteiger partial charge is 0.165 e. The van der Waals surface area contributed by atoms with Crippen molar-refractivity contribution >= 4 is 29.5 Å². The van der Waals surface area contributed by atoms with Gasteiger partial charge in [0.15, 0.2) is 5.82 Å². The fraction of sp³-hybridized carbons (Fsp3) is 0.100. The Morgan fingerprint density at radius 1 is 1.38 bits per heavy atom. The van der Waals surface area contributed by atoms with Crippen LogP contribution in [-0.4, -0.2) is 21.1 Å². The molecular weight excluding hydrogens is 249 g/mol. The summed E-state index contributed by atoms with van der Waals surface area (Å²) < 4.78 is 1.61. The number of carbonyl (C=O) groups excluding carboxylic acids is 1. The summed E-state index contributed by atoms with van der Waals surface area (Å²) >= 11 is 11.8. The third kappa shape index (κ3) is 2.08. The van der Waals surface area contributed by atoms with Gasteiger partial charge in [-0.25, -0.2) is 0 Å². The number of rotatable bonds is 3. The zero-order chi connectivity index (χ0) is 11.5. The highest BCUT2D eigenvalue weighted by atomic mass is 35.5. The van der Waals surface area contributed by atoms with Gasteiger partial charge in [0.25, 0.3) is 0 Å². The molecule has 0 saturated carbocycles. The van der Waals surface area contributed by atoms with Gasteiger partial charge in [-0.2, -0.15) is 0 Å². The monoisotopic (exact) mass is 255 g/mol. The molecule has 0 spiro atoms. The van der Waals surface area contributed by atoms with Crippen molar-refractivity contribution in [1.29, 1.82) is 0 Å². The van der Waals surface area contributed by atoms with E-state index in [1.165, 1.54) is 6.33 Å². The molecule has 0 aliphatic rings. The van der Waals surface area contributed by atoms with Gasteiger partial charge >= 0.3 is 0 Å². The molecule has 2 rings (SSSR count). The third-order valence-corrected chi connectivity index (χ3v) is 2.61. The lowest BCUT2D eigenvalue weighted by atomic mass is 10.2. The van der Waals surface area contributed by atoms with Gasteiger partial charge in [0.1, 0.15) is 12.6 Å². The Bertz CT molecular complexity index is 525. The second-order valence-corrected chi connectivity index (χ2v) is 3.94. The molecule has 82 valence electrons. The predicted molar refractivity (Wildman–Crippen MR) is 61.5 cm³/mol. The molecule has 0 radical (unpaired) electrons. The van der Waals surface area contributed by atoms with Gasteiger partial charge in [-0.05, 0) is 18.2 Å². The zero-order valence-electron chi connectivity index (χ0n) is 8.10. The summed E-state index contributed by atoms with van der Waals surface area (Å²) in [6.45, 7) is 0.196. The maximum Gasteiger partial charge on any atom is 0.165 e. The molecule has 1 heterocycles. The van der Waals surface area contributed by atoms with Crippen LogP contribution < -0.4 is 0 Å². The predicted octanol–water partition coefficient (Wildman–Crippen LogP) is 2.45. The van der Waals surface area contributed by atoms with Gasteiger partial charge in [0, 0.05) is 10.6 Å². The van der Waals surface area contributed by atoms with Crippen molar-refractivity contribution in [2.45, 2.75) is 6.54 Å². The molecule has 0 amide bonds. The Labute approximate surface area is 102 Å². The van der Waals surface area contributed by atoms with E-state index in [-0.39, 0.29) is 6.54 Å². The summed E-state index contributed by atoms with van der Waals surface area (Å²) in [5.74, 6) is 0.550. The first-order valence-electron chi connectivity index (χ1n) is 4.49. The summed E-state index contributed by atoms with van der Waals surface area (Å²) in [4.78, 5) is 10.5. The molecule has 1 aromatic carbocycles. The molecule has 0 atom stereocenters. The minimum atomic E-state index is 0.196. The highest BCUT2D eigenvalue weighted by Crippen LogP contribution is 2.28. The Balaban J connectivity index is 2.49. The summed E-state index contributed by atoms with van der Waals surface area (Å²) in [5.41, 5.74) is 0.699. The number of hydrogen-bond donors (Lipinski definition) is 0. The van der Waals surface area contributed by atoms with Crippen molar-refractivity contribution in [2.24, 2.45) is 0 Å². The van der Waals surface area contributed by atoms with Crippen LogP contribution in [0.15, 0.2) is 24.5 Å². The molecule has 0 unspecified atom stereocenters. The van der Waals surface area contributed by atoms with E-state index in [9.17, 15) is 4.79 Å². The van der Waals surface area contributed by atoms with Crippen LogP contribution in [0, 0.1) is 0 Å². The maximum atomic E-state index is 10.5. The minimum Gasteiger partial charge on any atom is -0.306 e. The minimum absolute atomic E-state index is 0.196. The van der Waals surface area contributed by atoms with Crippen LogP contribution in [0.3, 0.4) is 0 Å². The van der Waals surface area contributed by atoms with E-state index in [1.807, 2.05) is 0 Å². The highest BCUT2D eigenvalue weighted by molar-refractivity contribution is 6.36. The molecule has 0 aliphatic heterocycles. The summed E-state index contributed by atoms with van der Waals surface area (Å²) in [7, 11) is 0. The first kappa shape index (κ1) is 11.1. The van der Waals surface area contributed by atoms with E-state index < -0.39 is 0 Å². The summed E-state index contributed by atoms with van der Waals surface area (Å²) in [6, 6.07) is 5.08. The molecular formula is C10H7Cl2N3O. The van der Waals surface area contributed by atoms with Crippen LogP contribution >= 0.6 is 23.2 Å². The molecule has 4 nitrogen and oxygen atoms in total. The number of halogens is 2. The van der Waals surface area contributed by atoms with Gasteiger partial charge in [-0.3, -0.25) is 0 Å².